The van der Waals surface area contributed by atoms with Gasteiger partial charge in [-0.1, -0.05) is 36.7 Å². The summed E-state index contributed by atoms with van der Waals surface area (Å²) < 4.78 is 16.8. The van der Waals surface area contributed by atoms with Crippen molar-refractivity contribution >= 4 is 34.3 Å². The normalized spacial score (nSPS) is 14.4. The highest BCUT2D eigenvalue weighted by Gasteiger charge is 2.20. The van der Waals surface area contributed by atoms with Crippen LogP contribution >= 0.6 is 11.8 Å². The SMILES string of the molecule is Cn1c(=O)c2ccc(C(=O)NC3CCCC3)cc2n2c(SCc3cccc(F)c3)nnc12. The van der Waals surface area contributed by atoms with Crippen LogP contribution in [-0.2, 0) is 12.8 Å². The van der Waals surface area contributed by atoms with Gasteiger partial charge in [0.2, 0.25) is 5.78 Å². The molecule has 0 unspecified atom stereocenters. The van der Waals surface area contributed by atoms with E-state index in [-0.39, 0.29) is 23.3 Å². The predicted molar refractivity (Wildman–Crippen MR) is 121 cm³/mol. The molecule has 4 aromatic rings. The van der Waals surface area contributed by atoms with E-state index in [9.17, 15) is 14.0 Å². The number of carbonyl (C=O) groups is 1. The zero-order valence-corrected chi connectivity index (χ0v) is 18.4. The van der Waals surface area contributed by atoms with Crippen molar-refractivity contribution in [1.82, 2.24) is 24.5 Å². The Bertz CT molecular complexity index is 1390. The number of amides is 1. The molecule has 0 bridgehead atoms. The lowest BCUT2D eigenvalue weighted by Crippen LogP contribution is -2.32. The Hall–Kier alpha value is -3.20. The van der Waals surface area contributed by atoms with E-state index >= 15 is 0 Å². The van der Waals surface area contributed by atoms with Gasteiger partial charge in [-0.2, -0.15) is 0 Å². The molecule has 2 heterocycles. The molecule has 0 saturated heterocycles. The molecule has 2 aromatic carbocycles. The van der Waals surface area contributed by atoms with Crippen LogP contribution in [0.15, 0.2) is 52.4 Å². The van der Waals surface area contributed by atoms with Crippen LogP contribution in [0.25, 0.3) is 16.7 Å². The molecule has 2 aromatic heterocycles. The van der Waals surface area contributed by atoms with Crippen molar-refractivity contribution in [1.29, 1.82) is 0 Å². The van der Waals surface area contributed by atoms with Gasteiger partial charge in [0.15, 0.2) is 5.16 Å². The van der Waals surface area contributed by atoms with Gasteiger partial charge in [0.25, 0.3) is 11.5 Å². The molecule has 1 fully saturated rings. The molecule has 0 spiro atoms. The molecular formula is C23H22FN5O2S. The van der Waals surface area contributed by atoms with Crippen LogP contribution in [0.3, 0.4) is 0 Å². The smallest absolute Gasteiger partial charge is 0.262 e. The standard InChI is InChI=1S/C23H22FN5O2S/c1-28-21(31)18-10-9-15(20(30)25-17-7-2-3-8-17)12-19(18)29-22(28)26-27-23(29)32-13-14-5-4-6-16(24)11-14/h4-6,9-12,17H,2-3,7-8,13H2,1H3,(H,25,30). The van der Waals surface area contributed by atoms with E-state index in [2.05, 4.69) is 15.5 Å². The molecule has 1 N–H and O–H groups in total. The second-order valence-electron chi connectivity index (χ2n) is 8.09. The number of nitrogens with zero attached hydrogens (tertiary/aromatic N) is 4. The van der Waals surface area contributed by atoms with Crippen LogP contribution in [-0.4, -0.2) is 31.1 Å². The van der Waals surface area contributed by atoms with E-state index in [0.717, 1.165) is 31.2 Å². The fourth-order valence-electron chi connectivity index (χ4n) is 4.21. The van der Waals surface area contributed by atoms with Crippen molar-refractivity contribution in [2.24, 2.45) is 7.05 Å². The molecule has 1 aliphatic rings. The predicted octanol–water partition coefficient (Wildman–Crippen LogP) is 3.69. The Morgan fingerprint density at radius 2 is 2.00 bits per heavy atom. The number of benzene rings is 2. The van der Waals surface area contributed by atoms with Crippen molar-refractivity contribution < 1.29 is 9.18 Å². The summed E-state index contributed by atoms with van der Waals surface area (Å²) in [6.07, 6.45) is 4.25. The van der Waals surface area contributed by atoms with Gasteiger partial charge in [0.05, 0.1) is 10.9 Å². The highest BCUT2D eigenvalue weighted by atomic mass is 32.2. The van der Waals surface area contributed by atoms with Gasteiger partial charge >= 0.3 is 0 Å². The molecule has 7 nitrogen and oxygen atoms in total. The van der Waals surface area contributed by atoms with Crippen LogP contribution in [0.2, 0.25) is 0 Å². The van der Waals surface area contributed by atoms with E-state index in [1.54, 1.807) is 35.7 Å². The molecule has 9 heteroatoms. The Labute approximate surface area is 187 Å². The number of hydrogen-bond acceptors (Lipinski definition) is 5. The quantitative estimate of drug-likeness (QED) is 0.468. The molecular weight excluding hydrogens is 429 g/mol. The van der Waals surface area contributed by atoms with Gasteiger partial charge in [0.1, 0.15) is 5.82 Å². The van der Waals surface area contributed by atoms with Crippen molar-refractivity contribution in [2.75, 3.05) is 0 Å². The first-order valence-corrected chi connectivity index (χ1v) is 11.6. The van der Waals surface area contributed by atoms with Crippen LogP contribution in [0.4, 0.5) is 4.39 Å². The van der Waals surface area contributed by atoms with Crippen LogP contribution in [0.1, 0.15) is 41.6 Å². The monoisotopic (exact) mass is 451 g/mol. The van der Waals surface area contributed by atoms with Gasteiger partial charge in [-0.15, -0.1) is 10.2 Å². The lowest BCUT2D eigenvalue weighted by Gasteiger charge is -2.13. The summed E-state index contributed by atoms with van der Waals surface area (Å²) in [7, 11) is 1.65. The summed E-state index contributed by atoms with van der Waals surface area (Å²) in [5.41, 5.74) is 1.68. The van der Waals surface area contributed by atoms with Gasteiger partial charge in [-0.3, -0.25) is 18.6 Å². The number of nitrogens with one attached hydrogen (secondary N) is 1. The summed E-state index contributed by atoms with van der Waals surface area (Å²) >= 11 is 1.39. The minimum atomic E-state index is -0.292. The van der Waals surface area contributed by atoms with Crippen LogP contribution < -0.4 is 10.9 Å². The number of rotatable bonds is 5. The van der Waals surface area contributed by atoms with Crippen molar-refractivity contribution in [3.63, 3.8) is 0 Å². The van der Waals surface area contributed by atoms with E-state index < -0.39 is 0 Å². The van der Waals surface area contributed by atoms with Crippen LogP contribution in [0.5, 0.6) is 0 Å². The van der Waals surface area contributed by atoms with Gasteiger partial charge in [-0.25, -0.2) is 4.39 Å². The topological polar surface area (TPSA) is 81.3 Å². The van der Waals surface area contributed by atoms with E-state index in [1.165, 1.54) is 28.5 Å². The van der Waals surface area contributed by atoms with E-state index in [0.29, 0.717) is 33.2 Å². The van der Waals surface area contributed by atoms with Crippen molar-refractivity contribution in [3.8, 4) is 0 Å². The minimum absolute atomic E-state index is 0.144. The first-order chi connectivity index (χ1) is 15.5. The fraction of sp³-hybridized carbons (Fsp3) is 0.304. The minimum Gasteiger partial charge on any atom is -0.349 e. The Balaban J connectivity index is 1.56. The number of hydrogen-bond donors (Lipinski definition) is 1. The molecule has 1 aliphatic carbocycles. The third-order valence-electron chi connectivity index (χ3n) is 5.90. The summed E-state index contributed by atoms with van der Waals surface area (Å²) in [4.78, 5) is 25.7. The zero-order valence-electron chi connectivity index (χ0n) is 17.5. The summed E-state index contributed by atoms with van der Waals surface area (Å²) in [5, 5.41) is 12.6. The Morgan fingerprint density at radius 1 is 1.19 bits per heavy atom. The number of aromatic nitrogens is 4. The molecule has 0 atom stereocenters. The molecule has 164 valence electrons. The third kappa shape index (κ3) is 3.77. The maximum Gasteiger partial charge on any atom is 0.262 e. The second kappa shape index (κ2) is 8.38. The zero-order chi connectivity index (χ0) is 22.2. The first-order valence-electron chi connectivity index (χ1n) is 10.6. The first kappa shape index (κ1) is 20.7. The second-order valence-corrected chi connectivity index (χ2v) is 9.03. The number of halogens is 1. The maximum absolute atomic E-state index is 13.5. The van der Waals surface area contributed by atoms with E-state index in [1.807, 2.05) is 6.07 Å². The van der Waals surface area contributed by atoms with Crippen molar-refractivity contribution in [3.05, 3.63) is 69.8 Å². The third-order valence-corrected chi connectivity index (χ3v) is 6.90. The molecule has 0 aliphatic heterocycles. The largest absolute Gasteiger partial charge is 0.349 e. The van der Waals surface area contributed by atoms with Gasteiger partial charge in [0, 0.05) is 24.4 Å². The number of fused-ring (bicyclic) bond motifs is 3. The molecule has 5 rings (SSSR count). The summed E-state index contributed by atoms with van der Waals surface area (Å²) in [6, 6.07) is 11.7. The molecule has 1 saturated carbocycles. The van der Waals surface area contributed by atoms with Gasteiger partial charge in [-0.05, 0) is 48.7 Å². The Morgan fingerprint density at radius 3 is 2.78 bits per heavy atom. The van der Waals surface area contributed by atoms with Gasteiger partial charge < -0.3 is 5.32 Å². The number of aryl methyl sites for hydroxylation is 1. The Kier molecular flexibility index (Phi) is 5.42. The van der Waals surface area contributed by atoms with E-state index in [4.69, 9.17) is 0 Å². The summed E-state index contributed by atoms with van der Waals surface area (Å²) in [6.45, 7) is 0. The number of thioether (sulfide) groups is 1. The summed E-state index contributed by atoms with van der Waals surface area (Å²) in [5.74, 6) is 0.442. The maximum atomic E-state index is 13.5. The highest BCUT2D eigenvalue weighted by molar-refractivity contribution is 7.98. The highest BCUT2D eigenvalue weighted by Crippen LogP contribution is 2.25. The number of carbonyl (C=O) groups excluding carboxylic acids is 1. The molecule has 1 amide bonds. The average Bonchev–Trinajstić information content (AvgIpc) is 3.46. The average molecular weight is 452 g/mol. The lowest BCUT2D eigenvalue weighted by molar-refractivity contribution is 0.0938. The molecule has 32 heavy (non-hydrogen) atoms. The van der Waals surface area contributed by atoms with Crippen LogP contribution in [0, 0.1) is 5.82 Å². The molecule has 0 radical (unpaired) electrons. The fourth-order valence-corrected chi connectivity index (χ4v) is 5.09. The lowest BCUT2D eigenvalue weighted by atomic mass is 10.1. The van der Waals surface area contributed by atoms with Crippen molar-refractivity contribution in [2.45, 2.75) is 42.6 Å².